The minimum Gasteiger partial charge on any atom is -0.493 e. The first-order valence-electron chi connectivity index (χ1n) is 7.46. The van der Waals surface area contributed by atoms with E-state index in [1.165, 1.54) is 0 Å². The molecule has 7 heteroatoms. The molecular weight excluding hydrogens is 342 g/mol. The Morgan fingerprint density at radius 1 is 1.08 bits per heavy atom. The van der Waals surface area contributed by atoms with Crippen LogP contribution in [0.3, 0.4) is 0 Å². The second kappa shape index (κ2) is 7.72. The van der Waals surface area contributed by atoms with Crippen LogP contribution in [0.25, 0.3) is 12.2 Å². The highest BCUT2D eigenvalue weighted by Gasteiger charge is 2.06. The van der Waals surface area contributed by atoms with Gasteiger partial charge >= 0.3 is 6.01 Å². The Morgan fingerprint density at radius 2 is 1.88 bits per heavy atom. The van der Waals surface area contributed by atoms with Crippen LogP contribution in [0, 0.1) is 0 Å². The van der Waals surface area contributed by atoms with Gasteiger partial charge in [-0.3, -0.25) is 0 Å². The average molecular weight is 358 g/mol. The Hall–Kier alpha value is -2.99. The van der Waals surface area contributed by atoms with Crippen molar-refractivity contribution in [2.75, 3.05) is 12.8 Å². The molecule has 25 heavy (non-hydrogen) atoms. The van der Waals surface area contributed by atoms with E-state index in [1.54, 1.807) is 13.2 Å². The van der Waals surface area contributed by atoms with Crippen molar-refractivity contribution in [3.63, 3.8) is 0 Å². The van der Waals surface area contributed by atoms with E-state index in [0.29, 0.717) is 29.0 Å². The highest BCUT2D eigenvalue weighted by molar-refractivity contribution is 6.30. The predicted octanol–water partition coefficient (Wildman–Crippen LogP) is 4.06. The van der Waals surface area contributed by atoms with Crippen LogP contribution in [0.4, 0.5) is 6.01 Å². The van der Waals surface area contributed by atoms with E-state index in [1.807, 2.05) is 48.5 Å². The molecule has 0 radical (unpaired) electrons. The number of aromatic nitrogens is 2. The number of nitrogens with zero attached hydrogens (tertiary/aromatic N) is 2. The molecule has 0 aliphatic heterocycles. The summed E-state index contributed by atoms with van der Waals surface area (Å²) in [6, 6.07) is 13.1. The predicted molar refractivity (Wildman–Crippen MR) is 96.4 cm³/mol. The fourth-order valence-corrected chi connectivity index (χ4v) is 2.26. The van der Waals surface area contributed by atoms with Gasteiger partial charge in [0.05, 0.1) is 7.11 Å². The molecule has 2 N–H and O–H groups in total. The fraction of sp³-hybridized carbons (Fsp3) is 0.111. The van der Waals surface area contributed by atoms with Gasteiger partial charge < -0.3 is 19.6 Å². The Labute approximate surface area is 149 Å². The molecule has 0 aliphatic rings. The van der Waals surface area contributed by atoms with E-state index in [0.717, 1.165) is 11.1 Å². The Bertz CT molecular complexity index is 876. The van der Waals surface area contributed by atoms with Crippen LogP contribution >= 0.6 is 11.6 Å². The molecular formula is C18H16ClN3O3. The van der Waals surface area contributed by atoms with Gasteiger partial charge in [-0.05, 0) is 41.5 Å². The van der Waals surface area contributed by atoms with Gasteiger partial charge in [-0.25, -0.2) is 0 Å². The first-order chi connectivity index (χ1) is 12.1. The summed E-state index contributed by atoms with van der Waals surface area (Å²) < 4.78 is 16.3. The fourth-order valence-electron chi connectivity index (χ4n) is 2.13. The van der Waals surface area contributed by atoms with Crippen molar-refractivity contribution in [2.45, 2.75) is 6.61 Å². The summed E-state index contributed by atoms with van der Waals surface area (Å²) >= 11 is 5.89. The van der Waals surface area contributed by atoms with Crippen LogP contribution in [0.15, 0.2) is 46.9 Å². The molecule has 3 rings (SSSR count). The van der Waals surface area contributed by atoms with E-state index < -0.39 is 0 Å². The lowest BCUT2D eigenvalue weighted by Gasteiger charge is -2.11. The number of ether oxygens (including phenoxy) is 2. The number of anilines is 1. The molecule has 0 unspecified atom stereocenters. The highest BCUT2D eigenvalue weighted by atomic mass is 35.5. The Morgan fingerprint density at radius 3 is 2.56 bits per heavy atom. The van der Waals surface area contributed by atoms with E-state index in [2.05, 4.69) is 10.2 Å². The third-order valence-electron chi connectivity index (χ3n) is 3.37. The first-order valence-corrected chi connectivity index (χ1v) is 7.84. The van der Waals surface area contributed by atoms with Gasteiger partial charge in [0.2, 0.25) is 5.89 Å². The maximum absolute atomic E-state index is 5.89. The Balaban J connectivity index is 1.75. The second-order valence-corrected chi connectivity index (χ2v) is 5.57. The van der Waals surface area contributed by atoms with Crippen molar-refractivity contribution >= 4 is 29.8 Å². The number of methoxy groups -OCH3 is 1. The topological polar surface area (TPSA) is 83.4 Å². The van der Waals surface area contributed by atoms with Crippen LogP contribution in [-0.4, -0.2) is 17.3 Å². The lowest BCUT2D eigenvalue weighted by Crippen LogP contribution is -1.98. The van der Waals surface area contributed by atoms with Gasteiger partial charge in [0.25, 0.3) is 0 Å². The van der Waals surface area contributed by atoms with Gasteiger partial charge in [0.1, 0.15) is 6.61 Å². The lowest BCUT2D eigenvalue weighted by molar-refractivity contribution is 0.284. The molecule has 0 amide bonds. The first kappa shape index (κ1) is 16.9. The Kier molecular flexibility index (Phi) is 5.20. The van der Waals surface area contributed by atoms with Crippen molar-refractivity contribution < 1.29 is 13.9 Å². The lowest BCUT2D eigenvalue weighted by atomic mass is 10.2. The zero-order chi connectivity index (χ0) is 17.6. The van der Waals surface area contributed by atoms with Crippen LogP contribution in [0.5, 0.6) is 11.5 Å². The summed E-state index contributed by atoms with van der Waals surface area (Å²) in [6.45, 7) is 0.404. The zero-order valence-electron chi connectivity index (χ0n) is 13.5. The number of nitrogen functional groups attached to an aromatic ring is 1. The summed E-state index contributed by atoms with van der Waals surface area (Å²) in [5.41, 5.74) is 7.30. The van der Waals surface area contributed by atoms with Crippen LogP contribution in [0.1, 0.15) is 17.0 Å². The van der Waals surface area contributed by atoms with Crippen molar-refractivity contribution in [1.29, 1.82) is 0 Å². The largest absolute Gasteiger partial charge is 0.493 e. The van der Waals surface area contributed by atoms with E-state index in [-0.39, 0.29) is 6.01 Å². The monoisotopic (exact) mass is 357 g/mol. The molecule has 1 heterocycles. The van der Waals surface area contributed by atoms with Crippen molar-refractivity contribution in [3.05, 3.63) is 64.5 Å². The number of nitrogens with two attached hydrogens (primary N) is 1. The van der Waals surface area contributed by atoms with Gasteiger partial charge in [0.15, 0.2) is 11.5 Å². The molecule has 0 bridgehead atoms. The maximum Gasteiger partial charge on any atom is 0.313 e. The molecule has 0 saturated heterocycles. The molecule has 0 aliphatic carbocycles. The van der Waals surface area contributed by atoms with E-state index in [4.69, 9.17) is 31.2 Å². The normalized spacial score (nSPS) is 11.0. The molecule has 0 atom stereocenters. The number of hydrogen-bond donors (Lipinski definition) is 1. The quantitative estimate of drug-likeness (QED) is 0.716. The van der Waals surface area contributed by atoms with Crippen LogP contribution < -0.4 is 15.2 Å². The number of benzene rings is 2. The minimum atomic E-state index is 0.0290. The van der Waals surface area contributed by atoms with Crippen LogP contribution in [0.2, 0.25) is 5.02 Å². The summed E-state index contributed by atoms with van der Waals surface area (Å²) in [5.74, 6) is 1.61. The van der Waals surface area contributed by atoms with Crippen molar-refractivity contribution in [2.24, 2.45) is 0 Å². The average Bonchev–Trinajstić information content (AvgIpc) is 3.05. The molecule has 0 fully saturated rings. The summed E-state index contributed by atoms with van der Waals surface area (Å²) in [4.78, 5) is 0. The molecule has 1 aromatic heterocycles. The maximum atomic E-state index is 5.89. The number of hydrogen-bond acceptors (Lipinski definition) is 6. The molecule has 128 valence electrons. The second-order valence-electron chi connectivity index (χ2n) is 5.14. The molecule has 0 saturated carbocycles. The SMILES string of the molecule is COc1ccc(/C=C/c2nnc(N)o2)cc1OCc1ccc(Cl)cc1. The number of halogens is 1. The molecule has 3 aromatic rings. The third kappa shape index (κ3) is 4.51. The molecule has 6 nitrogen and oxygen atoms in total. The number of rotatable bonds is 6. The minimum absolute atomic E-state index is 0.0290. The summed E-state index contributed by atoms with van der Waals surface area (Å²) in [7, 11) is 1.60. The van der Waals surface area contributed by atoms with E-state index in [9.17, 15) is 0 Å². The van der Waals surface area contributed by atoms with Gasteiger partial charge in [-0.1, -0.05) is 34.9 Å². The van der Waals surface area contributed by atoms with Crippen molar-refractivity contribution in [1.82, 2.24) is 10.2 Å². The smallest absolute Gasteiger partial charge is 0.313 e. The van der Waals surface area contributed by atoms with Gasteiger partial charge in [0, 0.05) is 11.1 Å². The summed E-state index contributed by atoms with van der Waals surface area (Å²) in [6.07, 6.45) is 3.50. The molecule has 2 aromatic carbocycles. The van der Waals surface area contributed by atoms with Gasteiger partial charge in [-0.15, -0.1) is 5.10 Å². The van der Waals surface area contributed by atoms with E-state index >= 15 is 0 Å². The summed E-state index contributed by atoms with van der Waals surface area (Å²) in [5, 5.41) is 8.06. The van der Waals surface area contributed by atoms with Crippen LogP contribution in [-0.2, 0) is 6.61 Å². The third-order valence-corrected chi connectivity index (χ3v) is 3.62. The standard InChI is InChI=1S/C18H16ClN3O3/c1-23-15-8-4-12(5-9-17-21-22-18(20)25-17)10-16(15)24-11-13-2-6-14(19)7-3-13/h2-10H,11H2,1H3,(H2,20,22)/b9-5+. The highest BCUT2D eigenvalue weighted by Crippen LogP contribution is 2.29. The van der Waals surface area contributed by atoms with Crippen molar-refractivity contribution in [3.8, 4) is 11.5 Å². The molecule has 0 spiro atoms. The zero-order valence-corrected chi connectivity index (χ0v) is 14.2. The van der Waals surface area contributed by atoms with Gasteiger partial charge in [-0.2, -0.15) is 0 Å².